The maximum absolute atomic E-state index is 13.0. The molecule has 2 heterocycles. The van der Waals surface area contributed by atoms with Crippen LogP contribution in [0.5, 0.6) is 11.5 Å². The predicted octanol–water partition coefficient (Wildman–Crippen LogP) is 3.17. The zero-order valence-electron chi connectivity index (χ0n) is 16.5. The molecule has 1 saturated heterocycles. The number of piperidine rings is 1. The number of likely N-dealkylation sites (tertiary alicyclic amines) is 1. The molecule has 1 fully saturated rings. The number of Topliss-reactive ketones (excluding diaryl/α,β-unsaturated/α-hetero) is 1. The van der Waals surface area contributed by atoms with Crippen LogP contribution in [0.4, 0.5) is 0 Å². The van der Waals surface area contributed by atoms with Crippen molar-refractivity contribution in [3.05, 3.63) is 60.2 Å². The number of hydrazone groups is 1. The van der Waals surface area contributed by atoms with E-state index in [2.05, 4.69) is 10.5 Å². The van der Waals surface area contributed by atoms with Crippen LogP contribution >= 0.6 is 0 Å². The Hall–Kier alpha value is -3.48. The van der Waals surface area contributed by atoms with Gasteiger partial charge in [0.25, 0.3) is 5.91 Å². The zero-order valence-corrected chi connectivity index (χ0v) is 16.5. The van der Waals surface area contributed by atoms with Crippen LogP contribution in [0, 0.1) is 5.92 Å². The van der Waals surface area contributed by atoms with Crippen LogP contribution in [0.25, 0.3) is 0 Å². The number of carbonyl (C=O) groups excluding carboxylic acids is 3. The third kappa shape index (κ3) is 4.56. The minimum absolute atomic E-state index is 0.0256. The molecule has 0 radical (unpaired) electrons. The Morgan fingerprint density at radius 1 is 1.00 bits per heavy atom. The van der Waals surface area contributed by atoms with Crippen LogP contribution in [0.15, 0.2) is 59.7 Å². The maximum Gasteiger partial charge on any atom is 0.270 e. The number of amides is 2. The van der Waals surface area contributed by atoms with Gasteiger partial charge in [-0.15, -0.1) is 0 Å². The topological polar surface area (TPSA) is 88.1 Å². The van der Waals surface area contributed by atoms with Gasteiger partial charge in [0.1, 0.15) is 17.2 Å². The number of para-hydroxylation sites is 1. The van der Waals surface area contributed by atoms with Crippen LogP contribution < -0.4 is 10.2 Å². The number of rotatable bonds is 5. The molecule has 1 N–H and O–H groups in total. The van der Waals surface area contributed by atoms with Crippen molar-refractivity contribution in [1.29, 1.82) is 0 Å². The summed E-state index contributed by atoms with van der Waals surface area (Å²) in [5.41, 5.74) is 3.32. The average Bonchev–Trinajstić information content (AvgIpc) is 2.80. The first-order valence-corrected chi connectivity index (χ1v) is 10.1. The molecule has 30 heavy (non-hydrogen) atoms. The number of benzene rings is 2. The van der Waals surface area contributed by atoms with Crippen molar-refractivity contribution in [3.63, 3.8) is 0 Å². The van der Waals surface area contributed by atoms with E-state index in [1.54, 1.807) is 29.2 Å². The summed E-state index contributed by atoms with van der Waals surface area (Å²) < 4.78 is 5.77. The Balaban J connectivity index is 1.39. The quantitative estimate of drug-likeness (QED) is 0.774. The number of nitrogens with zero attached hydrogens (tertiary/aromatic N) is 2. The van der Waals surface area contributed by atoms with Gasteiger partial charge in [-0.1, -0.05) is 18.2 Å². The molecule has 0 aliphatic carbocycles. The van der Waals surface area contributed by atoms with Gasteiger partial charge in [0.05, 0.1) is 0 Å². The first kappa shape index (κ1) is 19.8. The second-order valence-electron chi connectivity index (χ2n) is 7.49. The van der Waals surface area contributed by atoms with E-state index < -0.39 is 0 Å². The Bertz CT molecular complexity index is 970. The van der Waals surface area contributed by atoms with Gasteiger partial charge in [-0.3, -0.25) is 14.4 Å². The summed E-state index contributed by atoms with van der Waals surface area (Å²) in [6.45, 7) is 0.965. The molecular formula is C23H23N3O4. The second-order valence-corrected chi connectivity index (χ2v) is 7.49. The molecule has 2 aliphatic rings. The number of nitrogens with one attached hydrogen (secondary N) is 1. The van der Waals surface area contributed by atoms with Crippen LogP contribution in [-0.4, -0.2) is 41.3 Å². The summed E-state index contributed by atoms with van der Waals surface area (Å²) >= 11 is 0. The van der Waals surface area contributed by atoms with Crippen molar-refractivity contribution in [1.82, 2.24) is 10.3 Å². The third-order valence-corrected chi connectivity index (χ3v) is 5.35. The fraction of sp³-hybridized carbons (Fsp3) is 0.304. The summed E-state index contributed by atoms with van der Waals surface area (Å²) in [5, 5.41) is 3.88. The van der Waals surface area contributed by atoms with Crippen molar-refractivity contribution < 1.29 is 19.1 Å². The van der Waals surface area contributed by atoms with Crippen LogP contribution in [-0.2, 0) is 9.59 Å². The van der Waals surface area contributed by atoms with E-state index in [-0.39, 0.29) is 29.9 Å². The number of ketones is 1. The van der Waals surface area contributed by atoms with Crippen molar-refractivity contribution >= 4 is 23.3 Å². The molecule has 2 aliphatic heterocycles. The molecular weight excluding hydrogens is 382 g/mol. The van der Waals surface area contributed by atoms with Crippen LogP contribution in [0.1, 0.15) is 36.0 Å². The lowest BCUT2D eigenvalue weighted by molar-refractivity contribution is -0.125. The van der Waals surface area contributed by atoms with Gasteiger partial charge in [-0.05, 0) is 49.2 Å². The fourth-order valence-corrected chi connectivity index (χ4v) is 3.73. The lowest BCUT2D eigenvalue weighted by atomic mass is 9.89. The highest BCUT2D eigenvalue weighted by atomic mass is 16.5. The number of carbonyl (C=O) groups is 3. The molecule has 0 bridgehead atoms. The van der Waals surface area contributed by atoms with E-state index in [1.165, 1.54) is 0 Å². The van der Waals surface area contributed by atoms with E-state index in [1.807, 2.05) is 30.3 Å². The predicted molar refractivity (Wildman–Crippen MR) is 111 cm³/mol. The molecule has 7 nitrogen and oxygen atoms in total. The third-order valence-electron chi connectivity index (χ3n) is 5.35. The van der Waals surface area contributed by atoms with Gasteiger partial charge in [-0.2, -0.15) is 5.10 Å². The normalized spacial score (nSPS) is 18.9. The number of ether oxygens (including phenoxy) is 1. The van der Waals surface area contributed by atoms with E-state index in [0.717, 1.165) is 18.6 Å². The highest BCUT2D eigenvalue weighted by Crippen LogP contribution is 2.25. The average molecular weight is 405 g/mol. The zero-order chi connectivity index (χ0) is 20.9. The van der Waals surface area contributed by atoms with E-state index in [0.29, 0.717) is 36.5 Å². The summed E-state index contributed by atoms with van der Waals surface area (Å²) in [5.74, 6) is 0.799. The van der Waals surface area contributed by atoms with Gasteiger partial charge in [-0.25, -0.2) is 5.43 Å². The lowest BCUT2D eigenvalue weighted by Gasteiger charge is -2.32. The first-order chi connectivity index (χ1) is 14.6. The molecule has 7 heteroatoms. The standard InChI is InChI=1S/C23H23N3O4/c27-21-13-12-20(24-25-21)23(29)26-14-4-5-17(15-26)22(28)16-8-10-19(11-9-16)30-18-6-2-1-3-7-18/h1-3,6-11,17H,4-5,12-15H2,(H,25,27). The molecule has 2 aromatic rings. The molecule has 0 spiro atoms. The SMILES string of the molecule is O=C1CCC(C(=O)N2CCCC(C(=O)c3ccc(Oc4ccccc4)cc3)C2)=NN1. The summed E-state index contributed by atoms with van der Waals surface area (Å²) in [6, 6.07) is 16.6. The maximum atomic E-state index is 13.0. The molecule has 0 aromatic heterocycles. The second kappa shape index (κ2) is 8.90. The Morgan fingerprint density at radius 3 is 2.43 bits per heavy atom. The highest BCUT2D eigenvalue weighted by molar-refractivity contribution is 6.39. The fourth-order valence-electron chi connectivity index (χ4n) is 3.73. The van der Waals surface area contributed by atoms with Crippen molar-refractivity contribution in [2.75, 3.05) is 13.1 Å². The van der Waals surface area contributed by atoms with Crippen LogP contribution in [0.3, 0.4) is 0 Å². The molecule has 0 saturated carbocycles. The Kier molecular flexibility index (Phi) is 5.88. The smallest absolute Gasteiger partial charge is 0.270 e. The first-order valence-electron chi connectivity index (χ1n) is 10.1. The van der Waals surface area contributed by atoms with Gasteiger partial charge in [0.15, 0.2) is 5.78 Å². The lowest BCUT2D eigenvalue weighted by Crippen LogP contribution is -2.46. The van der Waals surface area contributed by atoms with Gasteiger partial charge in [0.2, 0.25) is 5.91 Å². The van der Waals surface area contributed by atoms with E-state index >= 15 is 0 Å². The van der Waals surface area contributed by atoms with Crippen molar-refractivity contribution in [2.45, 2.75) is 25.7 Å². The minimum Gasteiger partial charge on any atom is -0.457 e. The summed E-state index contributed by atoms with van der Waals surface area (Å²) in [7, 11) is 0. The Morgan fingerprint density at radius 2 is 1.73 bits per heavy atom. The van der Waals surface area contributed by atoms with Gasteiger partial charge < -0.3 is 9.64 Å². The summed E-state index contributed by atoms with van der Waals surface area (Å²) in [6.07, 6.45) is 2.10. The molecule has 2 aromatic carbocycles. The minimum atomic E-state index is -0.248. The largest absolute Gasteiger partial charge is 0.457 e. The van der Waals surface area contributed by atoms with Crippen molar-refractivity contribution in [3.8, 4) is 11.5 Å². The number of hydrogen-bond acceptors (Lipinski definition) is 5. The molecule has 154 valence electrons. The number of hydrogen-bond donors (Lipinski definition) is 1. The van der Waals surface area contributed by atoms with Crippen LogP contribution in [0.2, 0.25) is 0 Å². The van der Waals surface area contributed by atoms with E-state index in [4.69, 9.17) is 4.74 Å². The van der Waals surface area contributed by atoms with E-state index in [9.17, 15) is 14.4 Å². The highest BCUT2D eigenvalue weighted by Gasteiger charge is 2.31. The van der Waals surface area contributed by atoms with Crippen molar-refractivity contribution in [2.24, 2.45) is 11.0 Å². The molecule has 2 amide bonds. The molecule has 1 atom stereocenters. The monoisotopic (exact) mass is 405 g/mol. The van der Waals surface area contributed by atoms with Gasteiger partial charge >= 0.3 is 0 Å². The summed E-state index contributed by atoms with van der Waals surface area (Å²) in [4.78, 5) is 38.6. The molecule has 4 rings (SSSR count). The Labute approximate surface area is 174 Å². The molecule has 1 unspecified atom stereocenters. The van der Waals surface area contributed by atoms with Gasteiger partial charge in [0, 0.05) is 37.4 Å².